The number of ether oxygens (including phenoxy) is 1. The Balaban J connectivity index is 1.44. The van der Waals surface area contributed by atoms with Gasteiger partial charge in [-0.15, -0.1) is 11.3 Å². The zero-order valence-corrected chi connectivity index (χ0v) is 20.2. The first kappa shape index (κ1) is 24.2. The number of nitrogens with one attached hydrogen (secondary N) is 2. The van der Waals surface area contributed by atoms with E-state index in [1.807, 2.05) is 0 Å². The molecule has 0 unspecified atom stereocenters. The van der Waals surface area contributed by atoms with Gasteiger partial charge in [0.25, 0.3) is 17.7 Å². The van der Waals surface area contributed by atoms with Crippen molar-refractivity contribution in [3.63, 3.8) is 0 Å². The number of carbonyl (C=O) groups excluding carboxylic acids is 4. The summed E-state index contributed by atoms with van der Waals surface area (Å²) in [5, 5.41) is 5.88. The fraction of sp³-hybridized carbons (Fsp3) is 0.391. The molecule has 2 aliphatic heterocycles. The van der Waals surface area contributed by atoms with Gasteiger partial charge >= 0.3 is 0 Å². The largest absolute Gasteiger partial charge is 0.370 e. The first-order chi connectivity index (χ1) is 16.4. The molecule has 0 radical (unpaired) electrons. The van der Waals surface area contributed by atoms with Crippen molar-refractivity contribution in [1.29, 1.82) is 0 Å². The Bertz CT molecular complexity index is 1090. The van der Waals surface area contributed by atoms with E-state index in [0.29, 0.717) is 53.1 Å². The van der Waals surface area contributed by atoms with Crippen LogP contribution in [0.3, 0.4) is 0 Å². The summed E-state index contributed by atoms with van der Waals surface area (Å²) in [5.41, 5.74) is 1.12. The molecule has 0 bridgehead atoms. The molecule has 2 atom stereocenters. The quantitative estimate of drug-likeness (QED) is 0.625. The van der Waals surface area contributed by atoms with Crippen LogP contribution in [0.1, 0.15) is 33.4 Å². The minimum absolute atomic E-state index is 0.0433. The smallest absolute Gasteiger partial charge is 0.261 e. The van der Waals surface area contributed by atoms with Crippen molar-refractivity contribution in [3.05, 3.63) is 51.2 Å². The number of halogens is 1. The van der Waals surface area contributed by atoms with Crippen molar-refractivity contribution in [2.24, 2.45) is 0 Å². The molecule has 2 aliphatic rings. The van der Waals surface area contributed by atoms with E-state index in [9.17, 15) is 19.2 Å². The number of nitrogens with zero attached hydrogens (tertiary/aromatic N) is 2. The number of morpholine rings is 1. The summed E-state index contributed by atoms with van der Waals surface area (Å²) in [6, 6.07) is 9.13. The highest BCUT2D eigenvalue weighted by Gasteiger charge is 2.37. The summed E-state index contributed by atoms with van der Waals surface area (Å²) in [7, 11) is 0. The number of carbonyl (C=O) groups is 4. The highest BCUT2D eigenvalue weighted by molar-refractivity contribution is 7.18. The molecule has 11 heteroatoms. The highest BCUT2D eigenvalue weighted by Crippen LogP contribution is 2.22. The number of hydrogen-bond donors (Lipinski definition) is 2. The predicted octanol–water partition coefficient (Wildman–Crippen LogP) is 1.91. The average Bonchev–Trinajstić information content (AvgIpc) is 3.45. The Morgan fingerprint density at radius 3 is 2.32 bits per heavy atom. The zero-order valence-electron chi connectivity index (χ0n) is 18.6. The Labute approximate surface area is 206 Å². The van der Waals surface area contributed by atoms with Crippen LogP contribution in [0, 0.1) is 0 Å². The number of hydrogen-bond acceptors (Lipinski definition) is 6. The molecule has 2 saturated heterocycles. The molecular weight excluding hydrogens is 480 g/mol. The fourth-order valence-corrected chi connectivity index (χ4v) is 4.98. The molecule has 180 valence electrons. The molecule has 2 fully saturated rings. The van der Waals surface area contributed by atoms with Crippen molar-refractivity contribution >= 4 is 52.3 Å². The van der Waals surface area contributed by atoms with Crippen LogP contribution in [-0.2, 0) is 14.3 Å². The van der Waals surface area contributed by atoms with Crippen LogP contribution in [0.5, 0.6) is 0 Å². The molecule has 9 nitrogen and oxygen atoms in total. The van der Waals surface area contributed by atoms with E-state index in [-0.39, 0.29) is 30.2 Å². The summed E-state index contributed by atoms with van der Waals surface area (Å²) in [4.78, 5) is 53.7. The third-order valence-electron chi connectivity index (χ3n) is 5.83. The lowest BCUT2D eigenvalue weighted by Gasteiger charge is -2.27. The summed E-state index contributed by atoms with van der Waals surface area (Å²) >= 11 is 7.11. The van der Waals surface area contributed by atoms with Crippen LogP contribution in [0.4, 0.5) is 5.69 Å². The average molecular weight is 505 g/mol. The first-order valence-corrected chi connectivity index (χ1v) is 12.2. The topological polar surface area (TPSA) is 108 Å². The number of rotatable bonds is 6. The lowest BCUT2D eigenvalue weighted by molar-refractivity contribution is -0.130. The van der Waals surface area contributed by atoms with E-state index in [2.05, 4.69) is 10.6 Å². The maximum Gasteiger partial charge on any atom is 0.261 e. The molecule has 34 heavy (non-hydrogen) atoms. The second-order valence-electron chi connectivity index (χ2n) is 8.06. The summed E-state index contributed by atoms with van der Waals surface area (Å²) < 4.78 is 5.66. The summed E-state index contributed by atoms with van der Waals surface area (Å²) in [5.74, 6) is -0.795. The number of likely N-dealkylation sites (tertiary alicyclic amines) is 1. The van der Waals surface area contributed by atoms with Gasteiger partial charge in [0, 0.05) is 37.3 Å². The van der Waals surface area contributed by atoms with Crippen molar-refractivity contribution in [2.75, 3.05) is 37.7 Å². The Morgan fingerprint density at radius 2 is 1.74 bits per heavy atom. The van der Waals surface area contributed by atoms with Crippen LogP contribution in [0.15, 0.2) is 36.4 Å². The third-order valence-corrected chi connectivity index (χ3v) is 7.06. The Hall–Kier alpha value is -2.95. The molecule has 0 saturated carbocycles. The summed E-state index contributed by atoms with van der Waals surface area (Å²) in [6.07, 6.45) is 0.337. The molecule has 2 aromatic rings. The molecule has 2 N–H and O–H groups in total. The number of thiophene rings is 1. The molecule has 1 aromatic heterocycles. The lowest BCUT2D eigenvalue weighted by atomic mass is 10.1. The van der Waals surface area contributed by atoms with Crippen LogP contribution in [0.25, 0.3) is 0 Å². The van der Waals surface area contributed by atoms with Crippen molar-refractivity contribution in [1.82, 2.24) is 15.5 Å². The van der Waals surface area contributed by atoms with Crippen LogP contribution >= 0.6 is 22.9 Å². The zero-order chi connectivity index (χ0) is 24.2. The highest BCUT2D eigenvalue weighted by atomic mass is 35.5. The van der Waals surface area contributed by atoms with E-state index < -0.39 is 12.1 Å². The van der Waals surface area contributed by atoms with Crippen LogP contribution in [0.2, 0.25) is 4.34 Å². The van der Waals surface area contributed by atoms with Gasteiger partial charge in [0.15, 0.2) is 0 Å². The molecule has 0 spiro atoms. The van der Waals surface area contributed by atoms with Gasteiger partial charge in [0.05, 0.1) is 27.9 Å². The van der Waals surface area contributed by atoms with Gasteiger partial charge in [-0.2, -0.15) is 0 Å². The second-order valence-corrected chi connectivity index (χ2v) is 9.78. The van der Waals surface area contributed by atoms with Crippen LogP contribution < -0.4 is 15.5 Å². The fourth-order valence-electron chi connectivity index (χ4n) is 4.03. The second kappa shape index (κ2) is 10.5. The van der Waals surface area contributed by atoms with Gasteiger partial charge in [0.1, 0.15) is 6.61 Å². The van der Waals surface area contributed by atoms with Gasteiger partial charge in [-0.25, -0.2) is 0 Å². The molecule has 0 aliphatic carbocycles. The molecule has 3 heterocycles. The molecule has 4 amide bonds. The van der Waals surface area contributed by atoms with Gasteiger partial charge < -0.3 is 25.2 Å². The number of amides is 4. The standard InChI is InChI=1S/C23H25ClN4O5S/c1-2-20(29)27-11-16(17(12-27)26-23(32)18-7-8-19(24)34-18)25-22(31)14-3-5-15(6-4-14)28-9-10-33-13-21(28)30/h3-8,16-17H,2,9-13H2,1H3,(H,25,31)(H,26,32)/t16-,17-/m1/s1. The van der Waals surface area contributed by atoms with Crippen molar-refractivity contribution < 1.29 is 23.9 Å². The van der Waals surface area contributed by atoms with E-state index in [1.165, 1.54) is 11.3 Å². The van der Waals surface area contributed by atoms with Gasteiger partial charge in [-0.05, 0) is 36.4 Å². The minimum atomic E-state index is -0.456. The maximum atomic E-state index is 13.0. The predicted molar refractivity (Wildman–Crippen MR) is 128 cm³/mol. The molecular formula is C23H25ClN4O5S. The third kappa shape index (κ3) is 5.40. The summed E-state index contributed by atoms with van der Waals surface area (Å²) in [6.45, 7) is 3.35. The Morgan fingerprint density at radius 1 is 1.06 bits per heavy atom. The SMILES string of the molecule is CCC(=O)N1C[C@@H](NC(=O)c2ccc(N3CCOCC3=O)cc2)[C@H](NC(=O)c2ccc(Cl)s2)C1. The van der Waals surface area contributed by atoms with Crippen molar-refractivity contribution in [2.45, 2.75) is 25.4 Å². The number of benzene rings is 1. The monoisotopic (exact) mass is 504 g/mol. The lowest BCUT2D eigenvalue weighted by Crippen LogP contribution is -2.50. The maximum absolute atomic E-state index is 13.0. The Kier molecular flexibility index (Phi) is 7.50. The van der Waals surface area contributed by atoms with E-state index in [1.54, 1.807) is 53.1 Å². The van der Waals surface area contributed by atoms with Gasteiger partial charge in [-0.3, -0.25) is 19.2 Å². The number of anilines is 1. The van der Waals surface area contributed by atoms with E-state index in [0.717, 1.165) is 0 Å². The first-order valence-electron chi connectivity index (χ1n) is 11.0. The normalized spacial score (nSPS) is 20.4. The molecule has 1 aromatic carbocycles. The van der Waals surface area contributed by atoms with Crippen molar-refractivity contribution in [3.8, 4) is 0 Å². The molecule has 4 rings (SSSR count). The van der Waals surface area contributed by atoms with Gasteiger partial charge in [0.2, 0.25) is 5.91 Å². The van der Waals surface area contributed by atoms with Crippen LogP contribution in [-0.4, -0.2) is 73.5 Å². The van der Waals surface area contributed by atoms with Gasteiger partial charge in [-0.1, -0.05) is 18.5 Å². The van der Waals surface area contributed by atoms with E-state index in [4.69, 9.17) is 16.3 Å². The minimum Gasteiger partial charge on any atom is -0.370 e. The van der Waals surface area contributed by atoms with E-state index >= 15 is 0 Å².